The first-order valence-corrected chi connectivity index (χ1v) is 9.36. The molecule has 0 spiro atoms. The van der Waals surface area contributed by atoms with E-state index in [4.69, 9.17) is 9.90 Å². The van der Waals surface area contributed by atoms with Gasteiger partial charge in [0.2, 0.25) is 0 Å². The summed E-state index contributed by atoms with van der Waals surface area (Å²) in [6.45, 7) is -4.11. The number of hydrogen-bond donors (Lipinski definition) is 0. The summed E-state index contributed by atoms with van der Waals surface area (Å²) < 4.78 is 93.0. The average molecular weight is 401 g/mol. The minimum absolute atomic E-state index is 0.0114. The summed E-state index contributed by atoms with van der Waals surface area (Å²) in [6.07, 6.45) is -0.743. The first kappa shape index (κ1) is 13.7. The zero-order chi connectivity index (χ0) is 22.8. The Hall–Kier alpha value is -2.40. The van der Waals surface area contributed by atoms with Crippen molar-refractivity contribution >= 4 is 15.7 Å². The monoisotopic (exact) mass is 401 g/mol. The minimum Gasteiger partial charge on any atom is -0.428 e. The molecule has 0 radical (unpaired) electrons. The van der Waals surface area contributed by atoms with Gasteiger partial charge in [-0.1, -0.05) is 0 Å². The summed E-state index contributed by atoms with van der Waals surface area (Å²) >= 11 is 0. The second-order valence-corrected chi connectivity index (χ2v) is 7.65. The van der Waals surface area contributed by atoms with Crippen molar-refractivity contribution in [1.29, 1.82) is 0 Å². The Morgan fingerprint density at radius 1 is 1.33 bits per heavy atom. The molecule has 0 N–H and O–H groups in total. The van der Waals surface area contributed by atoms with Crippen molar-refractivity contribution in [3.63, 3.8) is 0 Å². The topological polar surface area (TPSA) is 93.6 Å². The number of nitrogens with zero attached hydrogens (tertiary/aromatic N) is 5. The SMILES string of the molecule is [2H]C1([2H])CC(c2cn3ncnc3cc2C(F)F)CC([2H])([2H])N1S(=O)(=O)c1cnc(C)o1. The van der Waals surface area contributed by atoms with Crippen LogP contribution < -0.4 is 0 Å². The van der Waals surface area contributed by atoms with Crippen LogP contribution in [0.25, 0.3) is 5.65 Å². The number of piperidine rings is 1. The Bertz CT molecular complexity index is 1230. The highest BCUT2D eigenvalue weighted by Gasteiger charge is 2.34. The lowest BCUT2D eigenvalue weighted by Crippen LogP contribution is -2.38. The summed E-state index contributed by atoms with van der Waals surface area (Å²) in [4.78, 5) is 7.53. The summed E-state index contributed by atoms with van der Waals surface area (Å²) in [7, 11) is -4.74. The van der Waals surface area contributed by atoms with Crippen LogP contribution in [-0.4, -0.2) is 45.3 Å². The van der Waals surface area contributed by atoms with Crippen LogP contribution >= 0.6 is 0 Å². The predicted molar refractivity (Wildman–Crippen MR) is 89.9 cm³/mol. The number of hydrogen-bond acceptors (Lipinski definition) is 6. The van der Waals surface area contributed by atoms with E-state index in [1.807, 2.05) is 0 Å². The summed E-state index contributed by atoms with van der Waals surface area (Å²) in [5, 5.41) is 3.19. The molecule has 11 heteroatoms. The van der Waals surface area contributed by atoms with Crippen molar-refractivity contribution in [3.05, 3.63) is 41.8 Å². The van der Waals surface area contributed by atoms with Crippen LogP contribution in [0.5, 0.6) is 0 Å². The van der Waals surface area contributed by atoms with Crippen LogP contribution in [0.1, 0.15) is 47.7 Å². The quantitative estimate of drug-likeness (QED) is 0.667. The molecule has 3 aromatic heterocycles. The Kier molecular flexibility index (Phi) is 3.38. The normalized spacial score (nSPS) is 23.1. The van der Waals surface area contributed by atoms with Gasteiger partial charge in [0.25, 0.3) is 21.5 Å². The molecule has 0 aliphatic carbocycles. The number of pyridine rings is 1. The van der Waals surface area contributed by atoms with E-state index >= 15 is 0 Å². The van der Waals surface area contributed by atoms with Gasteiger partial charge in [-0.2, -0.15) is 9.40 Å². The zero-order valence-corrected chi connectivity index (χ0v) is 14.8. The standard InChI is InChI=1S/C16H17F2N5O3S/c1-10-19-7-15(26-10)27(24,25)22-4-2-11(3-5-22)13-8-23-14(20-9-21-23)6-12(13)16(17)18/h6-9,11,16H,2-5H2,1H3/i4D2,5D2. The van der Waals surface area contributed by atoms with Gasteiger partial charge in [0.15, 0.2) is 11.5 Å². The molecular formula is C16H17F2N5O3S. The van der Waals surface area contributed by atoms with Crippen LogP contribution in [0.15, 0.2) is 34.3 Å². The fourth-order valence-corrected chi connectivity index (χ4v) is 3.96. The number of aryl methyl sites for hydroxylation is 1. The van der Waals surface area contributed by atoms with E-state index in [0.29, 0.717) is 0 Å². The third-order valence-corrected chi connectivity index (χ3v) is 5.65. The van der Waals surface area contributed by atoms with Gasteiger partial charge in [-0.05, 0) is 30.4 Å². The van der Waals surface area contributed by atoms with E-state index in [1.54, 1.807) is 0 Å². The molecule has 27 heavy (non-hydrogen) atoms. The molecule has 0 amide bonds. The minimum atomic E-state index is -4.74. The first-order valence-electron chi connectivity index (χ1n) is 9.92. The lowest BCUT2D eigenvalue weighted by molar-refractivity contribution is 0.148. The lowest BCUT2D eigenvalue weighted by atomic mass is 9.88. The Balaban J connectivity index is 1.79. The maximum atomic E-state index is 13.7. The zero-order valence-electron chi connectivity index (χ0n) is 18.0. The molecule has 0 saturated carbocycles. The Labute approximate surface area is 159 Å². The van der Waals surface area contributed by atoms with Gasteiger partial charge in [-0.3, -0.25) is 0 Å². The van der Waals surface area contributed by atoms with Gasteiger partial charge in [-0.15, -0.1) is 0 Å². The number of oxazole rings is 1. The number of halogens is 2. The van der Waals surface area contributed by atoms with E-state index in [2.05, 4.69) is 15.1 Å². The predicted octanol–water partition coefficient (Wildman–Crippen LogP) is 2.53. The summed E-state index contributed by atoms with van der Waals surface area (Å²) in [6, 6.07) is 1.11. The molecule has 0 atom stereocenters. The molecule has 1 fully saturated rings. The number of alkyl halides is 2. The highest BCUT2D eigenvalue weighted by atomic mass is 32.2. The van der Waals surface area contributed by atoms with Gasteiger partial charge >= 0.3 is 0 Å². The maximum Gasteiger partial charge on any atom is 0.278 e. The van der Waals surface area contributed by atoms with Crippen molar-refractivity contribution in [2.45, 2.75) is 37.2 Å². The van der Waals surface area contributed by atoms with Crippen molar-refractivity contribution < 1.29 is 27.1 Å². The van der Waals surface area contributed by atoms with Crippen LogP contribution in [0.4, 0.5) is 8.78 Å². The van der Waals surface area contributed by atoms with Crippen molar-refractivity contribution in [3.8, 4) is 0 Å². The molecule has 1 saturated heterocycles. The van der Waals surface area contributed by atoms with Crippen molar-refractivity contribution in [2.75, 3.05) is 13.0 Å². The molecule has 0 unspecified atom stereocenters. The summed E-state index contributed by atoms with van der Waals surface area (Å²) in [5.74, 6) is -1.04. The molecule has 0 bridgehead atoms. The van der Waals surface area contributed by atoms with Crippen molar-refractivity contribution in [2.24, 2.45) is 0 Å². The van der Waals surface area contributed by atoms with E-state index in [0.717, 1.165) is 12.3 Å². The number of aromatic nitrogens is 4. The number of sulfonamides is 1. The molecule has 1 aliphatic heterocycles. The van der Waals surface area contributed by atoms with Crippen LogP contribution in [0.3, 0.4) is 0 Å². The van der Waals surface area contributed by atoms with Gasteiger partial charge in [0, 0.05) is 37.2 Å². The van der Waals surface area contributed by atoms with Gasteiger partial charge in [0.05, 0.1) is 6.20 Å². The Morgan fingerprint density at radius 3 is 2.70 bits per heavy atom. The second kappa shape index (κ2) is 6.64. The first-order chi connectivity index (χ1) is 14.3. The average Bonchev–Trinajstić information content (AvgIpc) is 3.26. The second-order valence-electron chi connectivity index (χ2n) is 5.94. The van der Waals surface area contributed by atoms with E-state index in [1.165, 1.54) is 24.0 Å². The van der Waals surface area contributed by atoms with Gasteiger partial charge in [0.1, 0.15) is 6.33 Å². The molecule has 8 nitrogen and oxygen atoms in total. The highest BCUT2D eigenvalue weighted by molar-refractivity contribution is 7.89. The highest BCUT2D eigenvalue weighted by Crippen LogP contribution is 2.36. The largest absolute Gasteiger partial charge is 0.428 e. The van der Waals surface area contributed by atoms with Gasteiger partial charge in [-0.25, -0.2) is 31.7 Å². The molecule has 4 heterocycles. The lowest BCUT2D eigenvalue weighted by Gasteiger charge is -2.31. The van der Waals surface area contributed by atoms with Crippen molar-refractivity contribution in [1.82, 2.24) is 23.9 Å². The fraction of sp³-hybridized carbons (Fsp3) is 0.438. The van der Waals surface area contributed by atoms with E-state index in [9.17, 15) is 17.2 Å². The number of rotatable bonds is 4. The fourth-order valence-electron chi connectivity index (χ4n) is 2.88. The maximum absolute atomic E-state index is 13.7. The molecular weight excluding hydrogens is 380 g/mol. The van der Waals surface area contributed by atoms with Crippen LogP contribution in [0.2, 0.25) is 0 Å². The third kappa shape index (κ3) is 3.21. The molecule has 1 aliphatic rings. The molecule has 3 aromatic rings. The molecule has 0 aromatic carbocycles. The van der Waals surface area contributed by atoms with Crippen LogP contribution in [-0.2, 0) is 10.0 Å². The van der Waals surface area contributed by atoms with Crippen LogP contribution in [0, 0.1) is 6.92 Å². The Morgan fingerprint density at radius 2 is 2.07 bits per heavy atom. The molecule has 144 valence electrons. The number of fused-ring (bicyclic) bond motifs is 1. The molecule has 4 rings (SSSR count). The van der Waals surface area contributed by atoms with E-state index < -0.39 is 58.9 Å². The smallest absolute Gasteiger partial charge is 0.278 e. The van der Waals surface area contributed by atoms with Gasteiger partial charge < -0.3 is 4.42 Å². The third-order valence-electron chi connectivity index (χ3n) is 4.21. The summed E-state index contributed by atoms with van der Waals surface area (Å²) in [5.41, 5.74) is -0.293. The van der Waals surface area contributed by atoms with E-state index in [-0.39, 0.29) is 21.4 Å².